The van der Waals surface area contributed by atoms with Gasteiger partial charge in [-0.3, -0.25) is 9.59 Å². The standard InChI is InChI=1S/C18H26N4O4/c1-13(23)21-10-5-14(6-11-21)18(24)22-9-3-4-15(12-22)26-17-16(25-2)19-7-8-20-17/h7-8,14-15H,3-6,9-12H2,1-2H3/t15-/m1/s1. The van der Waals surface area contributed by atoms with Crippen molar-refractivity contribution in [1.82, 2.24) is 19.8 Å². The molecule has 142 valence electrons. The summed E-state index contributed by atoms with van der Waals surface area (Å²) >= 11 is 0. The van der Waals surface area contributed by atoms with Gasteiger partial charge < -0.3 is 19.3 Å². The average Bonchev–Trinajstić information content (AvgIpc) is 2.68. The van der Waals surface area contributed by atoms with E-state index in [9.17, 15) is 9.59 Å². The van der Waals surface area contributed by atoms with Crippen molar-refractivity contribution in [2.75, 3.05) is 33.3 Å². The van der Waals surface area contributed by atoms with Crippen LogP contribution in [0, 0.1) is 5.92 Å². The Labute approximate surface area is 153 Å². The zero-order valence-corrected chi connectivity index (χ0v) is 15.4. The fourth-order valence-corrected chi connectivity index (χ4v) is 3.63. The lowest BCUT2D eigenvalue weighted by Gasteiger charge is -2.37. The molecule has 0 aromatic carbocycles. The number of methoxy groups -OCH3 is 1. The van der Waals surface area contributed by atoms with Crippen LogP contribution >= 0.6 is 0 Å². The summed E-state index contributed by atoms with van der Waals surface area (Å²) in [5.74, 6) is 0.972. The number of nitrogens with zero attached hydrogens (tertiary/aromatic N) is 4. The first-order valence-corrected chi connectivity index (χ1v) is 9.14. The van der Waals surface area contributed by atoms with Gasteiger partial charge in [0.25, 0.3) is 11.8 Å². The third-order valence-corrected chi connectivity index (χ3v) is 5.08. The number of carbonyl (C=O) groups is 2. The Bertz CT molecular complexity index is 646. The third-order valence-electron chi connectivity index (χ3n) is 5.08. The molecule has 1 atom stereocenters. The van der Waals surface area contributed by atoms with E-state index in [1.54, 1.807) is 19.3 Å². The van der Waals surface area contributed by atoms with Crippen LogP contribution in [0.25, 0.3) is 0 Å². The number of piperidine rings is 2. The predicted octanol–water partition coefficient (Wildman–Crippen LogP) is 1.11. The highest BCUT2D eigenvalue weighted by Crippen LogP contribution is 2.26. The van der Waals surface area contributed by atoms with Crippen LogP contribution in [0.15, 0.2) is 12.4 Å². The van der Waals surface area contributed by atoms with Gasteiger partial charge in [-0.05, 0) is 25.7 Å². The maximum Gasteiger partial charge on any atom is 0.278 e. The number of ether oxygens (including phenoxy) is 2. The van der Waals surface area contributed by atoms with Crippen molar-refractivity contribution in [3.05, 3.63) is 12.4 Å². The summed E-state index contributed by atoms with van der Waals surface area (Å²) in [6, 6.07) is 0. The minimum absolute atomic E-state index is 0.00426. The zero-order valence-electron chi connectivity index (χ0n) is 15.4. The van der Waals surface area contributed by atoms with Gasteiger partial charge >= 0.3 is 0 Å². The molecule has 0 radical (unpaired) electrons. The van der Waals surface area contributed by atoms with E-state index < -0.39 is 0 Å². The van der Waals surface area contributed by atoms with Crippen LogP contribution in [0.4, 0.5) is 0 Å². The highest BCUT2D eigenvalue weighted by Gasteiger charge is 2.32. The molecule has 1 aromatic heterocycles. The Morgan fingerprint density at radius 3 is 2.38 bits per heavy atom. The molecule has 3 heterocycles. The van der Waals surface area contributed by atoms with Crippen molar-refractivity contribution < 1.29 is 19.1 Å². The van der Waals surface area contributed by atoms with Crippen molar-refractivity contribution in [3.63, 3.8) is 0 Å². The van der Waals surface area contributed by atoms with Crippen molar-refractivity contribution in [3.8, 4) is 11.8 Å². The van der Waals surface area contributed by atoms with Gasteiger partial charge in [-0.15, -0.1) is 0 Å². The molecule has 0 bridgehead atoms. The summed E-state index contributed by atoms with van der Waals surface area (Å²) in [5, 5.41) is 0. The van der Waals surface area contributed by atoms with E-state index in [0.717, 1.165) is 32.2 Å². The molecular formula is C18H26N4O4. The number of likely N-dealkylation sites (tertiary alicyclic amines) is 2. The van der Waals surface area contributed by atoms with Crippen molar-refractivity contribution in [2.45, 2.75) is 38.7 Å². The summed E-state index contributed by atoms with van der Waals surface area (Å²) in [5.41, 5.74) is 0. The maximum absolute atomic E-state index is 12.9. The minimum atomic E-state index is -0.115. The summed E-state index contributed by atoms with van der Waals surface area (Å²) in [6.07, 6.45) is 6.23. The van der Waals surface area contributed by atoms with E-state index in [0.29, 0.717) is 31.4 Å². The predicted molar refractivity (Wildman–Crippen MR) is 93.8 cm³/mol. The second-order valence-corrected chi connectivity index (χ2v) is 6.82. The summed E-state index contributed by atoms with van der Waals surface area (Å²) in [6.45, 7) is 4.21. The molecule has 8 heteroatoms. The smallest absolute Gasteiger partial charge is 0.278 e. The lowest BCUT2D eigenvalue weighted by molar-refractivity contribution is -0.142. The topological polar surface area (TPSA) is 84.9 Å². The molecule has 8 nitrogen and oxygen atoms in total. The van der Waals surface area contributed by atoms with Crippen LogP contribution in [0.5, 0.6) is 11.8 Å². The Balaban J connectivity index is 1.56. The second kappa shape index (κ2) is 8.33. The van der Waals surface area contributed by atoms with E-state index >= 15 is 0 Å². The minimum Gasteiger partial charge on any atom is -0.477 e. The van der Waals surface area contributed by atoms with Gasteiger partial charge in [0.05, 0.1) is 13.7 Å². The van der Waals surface area contributed by atoms with Crippen LogP contribution in [0.1, 0.15) is 32.6 Å². The van der Waals surface area contributed by atoms with Crippen molar-refractivity contribution >= 4 is 11.8 Å². The first-order valence-electron chi connectivity index (χ1n) is 9.14. The van der Waals surface area contributed by atoms with Crippen molar-refractivity contribution in [1.29, 1.82) is 0 Å². The van der Waals surface area contributed by atoms with Crippen molar-refractivity contribution in [2.24, 2.45) is 5.92 Å². The Kier molecular flexibility index (Phi) is 5.90. The number of rotatable bonds is 4. The molecule has 0 saturated carbocycles. The van der Waals surface area contributed by atoms with Gasteiger partial charge in [0.15, 0.2) is 0 Å². The summed E-state index contributed by atoms with van der Waals surface area (Å²) in [4.78, 5) is 36.3. The van der Waals surface area contributed by atoms with Gasteiger partial charge in [-0.25, -0.2) is 9.97 Å². The maximum atomic E-state index is 12.9. The van der Waals surface area contributed by atoms with Crippen LogP contribution < -0.4 is 9.47 Å². The molecule has 2 fully saturated rings. The lowest BCUT2D eigenvalue weighted by atomic mass is 9.94. The van der Waals surface area contributed by atoms with E-state index in [1.165, 1.54) is 7.11 Å². The van der Waals surface area contributed by atoms with Gasteiger partial charge in [0, 0.05) is 44.9 Å². The molecule has 3 rings (SSSR count). The van der Waals surface area contributed by atoms with Crippen LogP contribution in [-0.4, -0.2) is 71.0 Å². The first-order chi connectivity index (χ1) is 12.6. The highest BCUT2D eigenvalue weighted by molar-refractivity contribution is 5.80. The van der Waals surface area contributed by atoms with Gasteiger partial charge in [-0.2, -0.15) is 0 Å². The molecule has 0 N–H and O–H groups in total. The average molecular weight is 362 g/mol. The molecule has 2 amide bonds. The molecular weight excluding hydrogens is 336 g/mol. The van der Waals surface area contributed by atoms with E-state index in [1.807, 2.05) is 9.80 Å². The second-order valence-electron chi connectivity index (χ2n) is 6.82. The third kappa shape index (κ3) is 4.23. The highest BCUT2D eigenvalue weighted by atomic mass is 16.5. The zero-order chi connectivity index (χ0) is 18.5. The summed E-state index contributed by atoms with van der Waals surface area (Å²) < 4.78 is 11.1. The monoisotopic (exact) mass is 362 g/mol. The number of amides is 2. The van der Waals surface area contributed by atoms with Crippen LogP contribution in [-0.2, 0) is 9.59 Å². The molecule has 26 heavy (non-hydrogen) atoms. The molecule has 0 unspecified atom stereocenters. The molecule has 2 aliphatic rings. The Hall–Kier alpha value is -2.38. The van der Waals surface area contributed by atoms with E-state index in [-0.39, 0.29) is 23.8 Å². The number of carbonyl (C=O) groups excluding carboxylic acids is 2. The Morgan fingerprint density at radius 2 is 1.73 bits per heavy atom. The van der Waals surface area contributed by atoms with Crippen LogP contribution in [0.3, 0.4) is 0 Å². The van der Waals surface area contributed by atoms with Gasteiger partial charge in [-0.1, -0.05) is 0 Å². The normalized spacial score (nSPS) is 21.4. The van der Waals surface area contributed by atoms with E-state index in [4.69, 9.17) is 9.47 Å². The largest absolute Gasteiger partial charge is 0.477 e. The molecule has 0 aliphatic carbocycles. The molecule has 0 spiro atoms. The first kappa shape index (κ1) is 18.4. The summed E-state index contributed by atoms with van der Waals surface area (Å²) in [7, 11) is 1.53. The Morgan fingerprint density at radius 1 is 1.04 bits per heavy atom. The molecule has 2 saturated heterocycles. The number of hydrogen-bond acceptors (Lipinski definition) is 6. The van der Waals surface area contributed by atoms with Gasteiger partial charge in [0.2, 0.25) is 11.8 Å². The van der Waals surface area contributed by atoms with Crippen LogP contribution in [0.2, 0.25) is 0 Å². The van der Waals surface area contributed by atoms with Gasteiger partial charge in [0.1, 0.15) is 6.10 Å². The van der Waals surface area contributed by atoms with E-state index in [2.05, 4.69) is 9.97 Å². The molecule has 1 aromatic rings. The fraction of sp³-hybridized carbons (Fsp3) is 0.667. The molecule has 2 aliphatic heterocycles. The lowest BCUT2D eigenvalue weighted by Crippen LogP contribution is -2.49. The fourth-order valence-electron chi connectivity index (χ4n) is 3.63. The quantitative estimate of drug-likeness (QED) is 0.798. The SMILES string of the molecule is COc1nccnc1O[C@@H]1CCCN(C(=O)C2CCN(C(C)=O)CC2)C1. The number of aromatic nitrogens is 2. The number of hydrogen-bond donors (Lipinski definition) is 0.